The minimum Gasteiger partial charge on any atom is -0.504 e. The fourth-order valence-electron chi connectivity index (χ4n) is 3.31. The van der Waals surface area contributed by atoms with Crippen LogP contribution >= 0.6 is 0 Å². The van der Waals surface area contributed by atoms with Gasteiger partial charge in [0.1, 0.15) is 0 Å². The van der Waals surface area contributed by atoms with E-state index in [1.807, 2.05) is 0 Å². The zero-order chi connectivity index (χ0) is 22.1. The molecule has 7 heteroatoms. The van der Waals surface area contributed by atoms with Gasteiger partial charge in [-0.25, -0.2) is 0 Å². The van der Waals surface area contributed by atoms with E-state index < -0.39 is 36.2 Å². The van der Waals surface area contributed by atoms with Crippen molar-refractivity contribution in [2.45, 2.75) is 12.8 Å². The number of carbonyl (C=O) groups is 1. The third kappa shape index (κ3) is 3.86. The van der Waals surface area contributed by atoms with Gasteiger partial charge in [-0.2, -0.15) is 0 Å². The molecule has 1 saturated heterocycles. The minimum absolute atomic E-state index is 0.0119. The summed E-state index contributed by atoms with van der Waals surface area (Å²) in [6.45, 7) is 0.204. The van der Waals surface area contributed by atoms with Crippen LogP contribution in [-0.2, 0) is 22.4 Å². The molecule has 2 aromatic carbocycles. The van der Waals surface area contributed by atoms with Gasteiger partial charge in [0.2, 0.25) is 5.75 Å². The van der Waals surface area contributed by atoms with Gasteiger partial charge >= 0.3 is 5.97 Å². The number of hydrogen-bond acceptors (Lipinski definition) is 7. The molecule has 1 aliphatic heterocycles. The molecule has 1 aliphatic rings. The summed E-state index contributed by atoms with van der Waals surface area (Å²) >= 11 is 0. The van der Waals surface area contributed by atoms with Crippen LogP contribution in [-0.4, -0.2) is 42.0 Å². The largest absolute Gasteiger partial charge is 0.504 e. The summed E-state index contributed by atoms with van der Waals surface area (Å²) in [6.07, 6.45) is 0.639. The number of methoxy groups -OCH3 is 2. The highest BCUT2D eigenvalue weighted by Gasteiger charge is 2.37. The first-order valence-electron chi connectivity index (χ1n) is 9.83. The minimum atomic E-state index is -2.81. The Morgan fingerprint density at radius 3 is 2.59 bits per heavy atom. The van der Waals surface area contributed by atoms with Crippen molar-refractivity contribution in [3.63, 3.8) is 0 Å². The number of ether oxygens (including phenoxy) is 3. The van der Waals surface area contributed by atoms with E-state index in [-0.39, 0.29) is 24.7 Å². The van der Waals surface area contributed by atoms with Crippen molar-refractivity contribution >= 4 is 5.97 Å². The fraction of sp³-hybridized carbons (Fsp3) is 0.350. The lowest BCUT2D eigenvalue weighted by atomic mass is 9.85. The van der Waals surface area contributed by atoms with Crippen molar-refractivity contribution in [1.82, 2.24) is 0 Å². The molecule has 2 aromatic rings. The van der Waals surface area contributed by atoms with Crippen LogP contribution < -0.4 is 9.47 Å². The van der Waals surface area contributed by atoms with Crippen molar-refractivity contribution in [2.24, 2.45) is 11.8 Å². The molecular formula is C20H22O7. The Morgan fingerprint density at radius 2 is 1.85 bits per heavy atom. The van der Waals surface area contributed by atoms with Crippen molar-refractivity contribution in [2.75, 3.05) is 20.8 Å². The summed E-state index contributed by atoms with van der Waals surface area (Å²) in [6, 6.07) is 7.47. The number of hydrogen-bond donors (Lipinski definition) is 3. The van der Waals surface area contributed by atoms with Gasteiger partial charge in [0.05, 0.1) is 30.8 Å². The Kier molecular flexibility index (Phi) is 4.26. The van der Waals surface area contributed by atoms with E-state index in [1.165, 1.54) is 25.3 Å². The zero-order valence-corrected chi connectivity index (χ0v) is 14.6. The van der Waals surface area contributed by atoms with Crippen LogP contribution in [0.25, 0.3) is 0 Å². The number of benzene rings is 2. The summed E-state index contributed by atoms with van der Waals surface area (Å²) in [4.78, 5) is 12.3. The lowest BCUT2D eigenvalue weighted by Crippen LogP contribution is -2.20. The first-order valence-corrected chi connectivity index (χ1v) is 8.33. The van der Waals surface area contributed by atoms with E-state index in [0.29, 0.717) is 17.7 Å². The van der Waals surface area contributed by atoms with Gasteiger partial charge < -0.3 is 29.5 Å². The topological polar surface area (TPSA) is 105 Å². The van der Waals surface area contributed by atoms with Gasteiger partial charge in [-0.15, -0.1) is 0 Å². The van der Waals surface area contributed by atoms with E-state index in [0.717, 1.165) is 5.56 Å². The molecule has 2 atom stereocenters. The molecule has 0 spiro atoms. The molecule has 0 saturated carbocycles. The Morgan fingerprint density at radius 1 is 1.07 bits per heavy atom. The van der Waals surface area contributed by atoms with Gasteiger partial charge in [-0.05, 0) is 48.2 Å². The van der Waals surface area contributed by atoms with Crippen molar-refractivity contribution in [1.29, 1.82) is 0 Å². The number of carbonyl (C=O) groups excluding carboxylic acids is 1. The molecule has 1 heterocycles. The van der Waals surface area contributed by atoms with E-state index in [4.69, 9.17) is 18.3 Å². The number of cyclic esters (lactones) is 1. The second-order valence-electron chi connectivity index (χ2n) is 6.47. The lowest BCUT2D eigenvalue weighted by molar-refractivity contribution is -0.141. The van der Waals surface area contributed by atoms with Crippen molar-refractivity contribution in [3.8, 4) is 28.7 Å². The molecule has 144 valence electrons. The molecule has 0 radical (unpaired) electrons. The Labute approximate surface area is 161 Å². The highest BCUT2D eigenvalue weighted by molar-refractivity contribution is 5.75. The van der Waals surface area contributed by atoms with Crippen LogP contribution in [0.5, 0.6) is 28.7 Å². The Bertz CT molecular complexity index is 943. The van der Waals surface area contributed by atoms with Crippen LogP contribution in [0, 0.1) is 11.8 Å². The average Bonchev–Trinajstić information content (AvgIpc) is 2.99. The van der Waals surface area contributed by atoms with Gasteiger partial charge in [0, 0.05) is 5.92 Å². The van der Waals surface area contributed by atoms with Crippen molar-refractivity contribution < 1.29 is 38.4 Å². The molecule has 1 fully saturated rings. The average molecular weight is 377 g/mol. The maximum absolute atomic E-state index is 12.3. The molecule has 0 aromatic heterocycles. The molecule has 0 aliphatic carbocycles. The summed E-state index contributed by atoms with van der Waals surface area (Å²) in [5.74, 6) is -2.42. The second kappa shape index (κ2) is 7.65. The first kappa shape index (κ1) is 15.0. The van der Waals surface area contributed by atoms with Gasteiger partial charge in [-0.1, -0.05) is 6.07 Å². The maximum atomic E-state index is 12.3. The van der Waals surface area contributed by atoms with Crippen LogP contribution in [0.4, 0.5) is 0 Å². The monoisotopic (exact) mass is 377 g/mol. The lowest BCUT2D eigenvalue weighted by Gasteiger charge is -2.17. The maximum Gasteiger partial charge on any atom is 0.309 e. The second-order valence-corrected chi connectivity index (χ2v) is 6.47. The van der Waals surface area contributed by atoms with Crippen LogP contribution in [0.1, 0.15) is 15.2 Å². The molecule has 7 nitrogen and oxygen atoms in total. The number of esters is 1. The summed E-state index contributed by atoms with van der Waals surface area (Å²) in [5, 5.41) is 29.5. The number of phenols is 3. The van der Waals surface area contributed by atoms with E-state index in [1.54, 1.807) is 12.1 Å². The zero-order valence-electron chi connectivity index (χ0n) is 17.6. The predicted octanol–water partition coefficient (Wildman–Crippen LogP) is 2.40. The highest BCUT2D eigenvalue weighted by Crippen LogP contribution is 2.38. The molecule has 3 rings (SSSR count). The van der Waals surface area contributed by atoms with Gasteiger partial charge in [0.25, 0.3) is 0 Å². The number of aromatic hydroxyl groups is 3. The number of phenolic OH excluding ortho intramolecular Hbond substituents is 3. The first-order chi connectivity index (χ1) is 14.1. The van der Waals surface area contributed by atoms with E-state index in [9.17, 15) is 20.1 Å². The molecular weight excluding hydrogens is 352 g/mol. The van der Waals surface area contributed by atoms with Crippen molar-refractivity contribution in [3.05, 3.63) is 41.5 Å². The van der Waals surface area contributed by atoms with Gasteiger partial charge in [-0.3, -0.25) is 4.79 Å². The van der Waals surface area contributed by atoms with E-state index >= 15 is 0 Å². The molecule has 0 unspecified atom stereocenters. The SMILES string of the molecule is [2H]C([2H])([2H])Oc1cc(C[C@H]2C(=O)OC[C@@H]2Cc2ccc(O)c(OC)c2)cc(O)c1O. The molecule has 0 amide bonds. The quantitative estimate of drug-likeness (QED) is 0.524. The summed E-state index contributed by atoms with van der Waals surface area (Å²) in [7, 11) is -1.37. The Balaban J connectivity index is 1.81. The predicted molar refractivity (Wildman–Crippen MR) is 96.3 cm³/mol. The van der Waals surface area contributed by atoms with Crippen LogP contribution in [0.2, 0.25) is 0 Å². The summed E-state index contributed by atoms with van der Waals surface area (Å²) in [5.41, 5.74) is 1.26. The third-order valence-electron chi connectivity index (χ3n) is 4.73. The Hall–Kier alpha value is -3.09. The standard InChI is InChI=1S/C20H22O7/c1-25-17-8-11(3-4-15(17)21)5-13-10-27-20(24)14(13)6-12-7-16(22)19(23)18(9-12)26-2/h3-4,7-9,13-14,21-23H,5-6,10H2,1-2H3/t13-,14+/m0/s1/i2D3. The molecule has 0 bridgehead atoms. The van der Waals surface area contributed by atoms with E-state index in [2.05, 4.69) is 0 Å². The fourth-order valence-corrected chi connectivity index (χ4v) is 3.31. The highest BCUT2D eigenvalue weighted by atomic mass is 16.5. The smallest absolute Gasteiger partial charge is 0.309 e. The molecule has 3 N–H and O–H groups in total. The van der Waals surface area contributed by atoms with Gasteiger partial charge in [0.15, 0.2) is 23.0 Å². The third-order valence-corrected chi connectivity index (χ3v) is 4.73. The summed E-state index contributed by atoms with van der Waals surface area (Å²) < 4.78 is 36.6. The molecule has 27 heavy (non-hydrogen) atoms. The number of rotatable bonds is 6. The van der Waals surface area contributed by atoms with Crippen LogP contribution in [0.15, 0.2) is 30.3 Å². The van der Waals surface area contributed by atoms with Crippen LogP contribution in [0.3, 0.4) is 0 Å². The normalized spacial score (nSPS) is 21.1.